The molecule has 1 rings (SSSR count). The van der Waals surface area contributed by atoms with E-state index in [1.165, 1.54) is 0 Å². The van der Waals surface area contributed by atoms with Gasteiger partial charge in [-0.15, -0.1) is 0 Å². The lowest BCUT2D eigenvalue weighted by Crippen LogP contribution is -2.26. The Hall–Kier alpha value is -1.13. The van der Waals surface area contributed by atoms with Gasteiger partial charge in [-0.2, -0.15) is 0 Å². The van der Waals surface area contributed by atoms with Crippen molar-refractivity contribution in [2.75, 3.05) is 25.0 Å². The van der Waals surface area contributed by atoms with Crippen LogP contribution in [0.1, 0.15) is 44.4 Å². The molecular formula is C16H27FN2O. The third-order valence-corrected chi connectivity index (χ3v) is 3.58. The SMILES string of the molecule is CCNC(C)c1cc(F)c(C)cc1N(C)CCC(C)O. The summed E-state index contributed by atoms with van der Waals surface area (Å²) in [5.74, 6) is -0.169. The molecular weight excluding hydrogens is 255 g/mol. The first-order valence-corrected chi connectivity index (χ1v) is 7.29. The van der Waals surface area contributed by atoms with Crippen molar-refractivity contribution in [3.05, 3.63) is 29.1 Å². The lowest BCUT2D eigenvalue weighted by molar-refractivity contribution is 0.187. The number of hydrogen-bond acceptors (Lipinski definition) is 3. The number of rotatable bonds is 7. The molecule has 0 aromatic heterocycles. The van der Waals surface area contributed by atoms with Gasteiger partial charge in [0, 0.05) is 25.3 Å². The number of nitrogens with zero attached hydrogens (tertiary/aromatic N) is 1. The van der Waals surface area contributed by atoms with Crippen LogP contribution in [0.2, 0.25) is 0 Å². The van der Waals surface area contributed by atoms with E-state index in [-0.39, 0.29) is 18.0 Å². The first-order valence-electron chi connectivity index (χ1n) is 7.29. The molecule has 0 bridgehead atoms. The maximum Gasteiger partial charge on any atom is 0.126 e. The molecule has 1 aromatic carbocycles. The first-order chi connectivity index (χ1) is 9.36. The maximum atomic E-state index is 13.9. The number of nitrogens with one attached hydrogen (secondary N) is 1. The highest BCUT2D eigenvalue weighted by molar-refractivity contribution is 5.56. The highest BCUT2D eigenvalue weighted by atomic mass is 19.1. The van der Waals surface area contributed by atoms with Gasteiger partial charge < -0.3 is 15.3 Å². The summed E-state index contributed by atoms with van der Waals surface area (Å²) < 4.78 is 13.9. The number of halogens is 1. The zero-order chi connectivity index (χ0) is 15.3. The van der Waals surface area contributed by atoms with Crippen molar-refractivity contribution in [3.8, 4) is 0 Å². The number of anilines is 1. The lowest BCUT2D eigenvalue weighted by Gasteiger charge is -2.26. The van der Waals surface area contributed by atoms with E-state index < -0.39 is 0 Å². The van der Waals surface area contributed by atoms with E-state index in [9.17, 15) is 9.50 Å². The van der Waals surface area contributed by atoms with E-state index in [0.717, 1.165) is 24.3 Å². The number of aryl methyl sites for hydroxylation is 1. The number of benzene rings is 1. The molecule has 0 aliphatic rings. The summed E-state index contributed by atoms with van der Waals surface area (Å²) in [6.07, 6.45) is 0.371. The zero-order valence-corrected chi connectivity index (χ0v) is 13.2. The number of hydrogen-bond donors (Lipinski definition) is 2. The van der Waals surface area contributed by atoms with Crippen molar-refractivity contribution in [3.63, 3.8) is 0 Å². The minimum absolute atomic E-state index is 0.0964. The van der Waals surface area contributed by atoms with Crippen LogP contribution in [0.15, 0.2) is 12.1 Å². The molecule has 0 heterocycles. The van der Waals surface area contributed by atoms with Crippen LogP contribution in [0.3, 0.4) is 0 Å². The maximum absolute atomic E-state index is 13.9. The molecule has 0 spiro atoms. The van der Waals surface area contributed by atoms with E-state index in [4.69, 9.17) is 0 Å². The van der Waals surface area contributed by atoms with Crippen molar-refractivity contribution < 1.29 is 9.50 Å². The predicted molar refractivity (Wildman–Crippen MR) is 82.8 cm³/mol. The van der Waals surface area contributed by atoms with Crippen LogP contribution in [0.5, 0.6) is 0 Å². The summed E-state index contributed by atoms with van der Waals surface area (Å²) in [6, 6.07) is 3.61. The summed E-state index contributed by atoms with van der Waals surface area (Å²) in [5, 5.41) is 12.7. The van der Waals surface area contributed by atoms with Gasteiger partial charge in [-0.3, -0.25) is 0 Å². The second-order valence-electron chi connectivity index (χ2n) is 5.50. The molecule has 2 N–H and O–H groups in total. The van der Waals surface area contributed by atoms with E-state index >= 15 is 0 Å². The van der Waals surface area contributed by atoms with Gasteiger partial charge >= 0.3 is 0 Å². The van der Waals surface area contributed by atoms with Crippen LogP contribution in [0.4, 0.5) is 10.1 Å². The molecule has 1 aromatic rings. The van der Waals surface area contributed by atoms with E-state index in [0.29, 0.717) is 12.0 Å². The monoisotopic (exact) mass is 282 g/mol. The average molecular weight is 282 g/mol. The standard InChI is InChI=1S/C16H27FN2O/c1-6-18-13(4)14-10-15(17)11(2)9-16(14)19(5)8-7-12(3)20/h9-10,12-13,18,20H,6-8H2,1-5H3. The molecule has 2 atom stereocenters. The Morgan fingerprint density at radius 3 is 2.55 bits per heavy atom. The van der Waals surface area contributed by atoms with Gasteiger partial charge in [0.15, 0.2) is 0 Å². The van der Waals surface area contributed by atoms with E-state index in [1.807, 2.05) is 27.0 Å². The second kappa shape index (κ2) is 7.60. The Labute approximate surface area is 121 Å². The van der Waals surface area contributed by atoms with Crippen LogP contribution in [0.25, 0.3) is 0 Å². The molecule has 0 amide bonds. The minimum atomic E-state index is -0.325. The summed E-state index contributed by atoms with van der Waals surface area (Å²) >= 11 is 0. The van der Waals surface area contributed by atoms with Crippen LogP contribution in [0, 0.1) is 12.7 Å². The van der Waals surface area contributed by atoms with Crippen molar-refractivity contribution in [2.45, 2.75) is 46.3 Å². The largest absolute Gasteiger partial charge is 0.393 e. The molecule has 0 radical (unpaired) electrons. The molecule has 0 aliphatic heterocycles. The highest BCUT2D eigenvalue weighted by Gasteiger charge is 2.16. The Bertz CT molecular complexity index is 435. The zero-order valence-electron chi connectivity index (χ0n) is 13.2. The third kappa shape index (κ3) is 4.46. The van der Waals surface area contributed by atoms with Crippen LogP contribution < -0.4 is 10.2 Å². The fourth-order valence-electron chi connectivity index (χ4n) is 2.28. The lowest BCUT2D eigenvalue weighted by atomic mass is 10.0. The average Bonchev–Trinajstić information content (AvgIpc) is 2.38. The Morgan fingerprint density at radius 2 is 2.00 bits per heavy atom. The molecule has 0 saturated heterocycles. The summed E-state index contributed by atoms with van der Waals surface area (Å²) in [5.41, 5.74) is 2.64. The van der Waals surface area contributed by atoms with Gasteiger partial charge in [-0.25, -0.2) is 4.39 Å². The molecule has 0 aliphatic carbocycles. The van der Waals surface area contributed by atoms with Crippen molar-refractivity contribution >= 4 is 5.69 Å². The summed E-state index contributed by atoms with van der Waals surface area (Å²) in [4.78, 5) is 2.09. The van der Waals surface area contributed by atoms with Gasteiger partial charge in [0.25, 0.3) is 0 Å². The molecule has 114 valence electrons. The second-order valence-corrected chi connectivity index (χ2v) is 5.50. The molecule has 0 fully saturated rings. The van der Waals surface area contributed by atoms with E-state index in [1.54, 1.807) is 19.9 Å². The van der Waals surface area contributed by atoms with Gasteiger partial charge in [0.2, 0.25) is 0 Å². The normalized spacial score (nSPS) is 14.2. The number of aliphatic hydroxyl groups is 1. The third-order valence-electron chi connectivity index (χ3n) is 3.58. The van der Waals surface area contributed by atoms with Crippen LogP contribution in [-0.2, 0) is 0 Å². The summed E-state index contributed by atoms with van der Waals surface area (Å²) in [6.45, 7) is 9.23. The minimum Gasteiger partial charge on any atom is -0.393 e. The summed E-state index contributed by atoms with van der Waals surface area (Å²) in [7, 11) is 1.98. The predicted octanol–water partition coefficient (Wildman–Crippen LogP) is 3.01. The topological polar surface area (TPSA) is 35.5 Å². The molecule has 2 unspecified atom stereocenters. The Kier molecular flexibility index (Phi) is 6.43. The smallest absolute Gasteiger partial charge is 0.126 e. The quantitative estimate of drug-likeness (QED) is 0.807. The van der Waals surface area contributed by atoms with Gasteiger partial charge in [-0.05, 0) is 57.0 Å². The Morgan fingerprint density at radius 1 is 1.35 bits per heavy atom. The first kappa shape index (κ1) is 16.9. The van der Waals surface area contributed by atoms with Gasteiger partial charge in [0.05, 0.1) is 6.10 Å². The fourth-order valence-corrected chi connectivity index (χ4v) is 2.28. The Balaban J connectivity index is 3.05. The highest BCUT2D eigenvalue weighted by Crippen LogP contribution is 2.29. The van der Waals surface area contributed by atoms with Gasteiger partial charge in [0.1, 0.15) is 5.82 Å². The number of aliphatic hydroxyl groups excluding tert-OH is 1. The molecule has 3 nitrogen and oxygen atoms in total. The molecule has 0 saturated carbocycles. The van der Waals surface area contributed by atoms with Crippen LogP contribution in [-0.4, -0.2) is 31.3 Å². The van der Waals surface area contributed by atoms with Gasteiger partial charge in [-0.1, -0.05) is 6.92 Å². The molecule has 4 heteroatoms. The van der Waals surface area contributed by atoms with Crippen LogP contribution >= 0.6 is 0 Å². The molecule has 20 heavy (non-hydrogen) atoms. The van der Waals surface area contributed by atoms with E-state index in [2.05, 4.69) is 10.2 Å². The van der Waals surface area contributed by atoms with Crippen molar-refractivity contribution in [1.29, 1.82) is 0 Å². The fraction of sp³-hybridized carbons (Fsp3) is 0.625. The van der Waals surface area contributed by atoms with Crippen molar-refractivity contribution in [1.82, 2.24) is 5.32 Å². The van der Waals surface area contributed by atoms with Crippen molar-refractivity contribution in [2.24, 2.45) is 0 Å².